The third-order valence-corrected chi connectivity index (χ3v) is 6.03. The van der Waals surface area contributed by atoms with E-state index in [-0.39, 0.29) is 17.6 Å². The van der Waals surface area contributed by atoms with Gasteiger partial charge < -0.3 is 15.4 Å². The Morgan fingerprint density at radius 1 is 1.23 bits per heavy atom. The van der Waals surface area contributed by atoms with Crippen molar-refractivity contribution in [2.75, 3.05) is 13.2 Å². The van der Waals surface area contributed by atoms with Gasteiger partial charge in [-0.3, -0.25) is 14.3 Å². The molecule has 168 valence electrons. The molecule has 1 saturated carbocycles. The third kappa shape index (κ3) is 5.06. The van der Waals surface area contributed by atoms with E-state index in [1.807, 2.05) is 20.8 Å². The zero-order valence-corrected chi connectivity index (χ0v) is 18.4. The maximum Gasteiger partial charge on any atom is 0.273 e. The highest BCUT2D eigenvalue weighted by molar-refractivity contribution is 6.06. The Hall–Kier alpha value is -2.48. The standard InChI is InChI=1S/C23H31FN4O3/c1-23(2,3)20(22(30)25-16-5-6-16)26-21(29)19-17-12-15(24)4-7-18(17)28(27-19)13-14-8-10-31-11-9-14/h4,7,12,14,16,20H,5-6,8-11,13H2,1-3H3,(H,25,30)(H,26,29)/t20-/m1/s1. The number of hydrogen-bond donors (Lipinski definition) is 2. The van der Waals surface area contributed by atoms with Crippen LogP contribution in [0.3, 0.4) is 0 Å². The summed E-state index contributed by atoms with van der Waals surface area (Å²) in [5.74, 6) is -0.692. The van der Waals surface area contributed by atoms with E-state index in [2.05, 4.69) is 15.7 Å². The van der Waals surface area contributed by atoms with Crippen molar-refractivity contribution in [1.29, 1.82) is 0 Å². The quantitative estimate of drug-likeness (QED) is 0.738. The monoisotopic (exact) mass is 430 g/mol. The summed E-state index contributed by atoms with van der Waals surface area (Å²) in [6.45, 7) is 7.80. The molecule has 0 radical (unpaired) electrons. The van der Waals surface area contributed by atoms with Crippen LogP contribution >= 0.6 is 0 Å². The number of carbonyl (C=O) groups is 2. The highest BCUT2D eigenvalue weighted by Crippen LogP contribution is 2.26. The lowest BCUT2D eigenvalue weighted by molar-refractivity contribution is -0.125. The van der Waals surface area contributed by atoms with E-state index in [9.17, 15) is 14.0 Å². The van der Waals surface area contributed by atoms with Gasteiger partial charge in [0.15, 0.2) is 5.69 Å². The van der Waals surface area contributed by atoms with Crippen molar-refractivity contribution < 1.29 is 18.7 Å². The van der Waals surface area contributed by atoms with Crippen LogP contribution < -0.4 is 10.6 Å². The van der Waals surface area contributed by atoms with Crippen LogP contribution in [-0.4, -0.2) is 46.9 Å². The fraction of sp³-hybridized carbons (Fsp3) is 0.609. The van der Waals surface area contributed by atoms with Crippen molar-refractivity contribution >= 4 is 22.7 Å². The van der Waals surface area contributed by atoms with Gasteiger partial charge in [-0.25, -0.2) is 4.39 Å². The molecule has 2 aromatic rings. The molecule has 8 heteroatoms. The summed E-state index contributed by atoms with van der Waals surface area (Å²) in [6, 6.07) is 3.86. The SMILES string of the molecule is CC(C)(C)[C@H](NC(=O)c1nn(CC2CCOCC2)c2ccc(F)cc12)C(=O)NC1CC1. The second-order valence-corrected chi connectivity index (χ2v) is 9.80. The first-order chi connectivity index (χ1) is 14.7. The smallest absolute Gasteiger partial charge is 0.273 e. The van der Waals surface area contributed by atoms with E-state index in [1.54, 1.807) is 10.7 Å². The van der Waals surface area contributed by atoms with Crippen molar-refractivity contribution in [3.63, 3.8) is 0 Å². The number of nitrogens with one attached hydrogen (secondary N) is 2. The number of amides is 2. The molecule has 2 N–H and O–H groups in total. The van der Waals surface area contributed by atoms with E-state index < -0.39 is 23.2 Å². The molecule has 1 aromatic carbocycles. The van der Waals surface area contributed by atoms with Gasteiger partial charge in [0.1, 0.15) is 11.9 Å². The summed E-state index contributed by atoms with van der Waals surface area (Å²) < 4.78 is 21.2. The average molecular weight is 431 g/mol. The van der Waals surface area contributed by atoms with Crippen molar-refractivity contribution in [1.82, 2.24) is 20.4 Å². The van der Waals surface area contributed by atoms with Gasteiger partial charge in [0.25, 0.3) is 5.91 Å². The lowest BCUT2D eigenvalue weighted by Gasteiger charge is -2.30. The van der Waals surface area contributed by atoms with E-state index in [0.29, 0.717) is 23.4 Å². The van der Waals surface area contributed by atoms with Crippen LogP contribution in [0.15, 0.2) is 18.2 Å². The van der Waals surface area contributed by atoms with Crippen molar-refractivity contribution in [3.05, 3.63) is 29.7 Å². The molecule has 1 atom stereocenters. The number of fused-ring (bicyclic) bond motifs is 1. The highest BCUT2D eigenvalue weighted by Gasteiger charge is 2.36. The number of benzene rings is 1. The lowest BCUT2D eigenvalue weighted by Crippen LogP contribution is -2.54. The van der Waals surface area contributed by atoms with Gasteiger partial charge in [-0.2, -0.15) is 5.10 Å². The zero-order chi connectivity index (χ0) is 22.2. The predicted octanol–water partition coefficient (Wildman–Crippen LogP) is 3.03. The number of nitrogens with zero attached hydrogens (tertiary/aromatic N) is 2. The summed E-state index contributed by atoms with van der Waals surface area (Å²) >= 11 is 0. The highest BCUT2D eigenvalue weighted by atomic mass is 19.1. The number of aromatic nitrogens is 2. The fourth-order valence-electron chi connectivity index (χ4n) is 4.02. The molecule has 2 fully saturated rings. The van der Waals surface area contributed by atoms with Gasteiger partial charge in [-0.15, -0.1) is 0 Å². The largest absolute Gasteiger partial charge is 0.381 e. The minimum atomic E-state index is -0.718. The summed E-state index contributed by atoms with van der Waals surface area (Å²) in [4.78, 5) is 26.0. The third-order valence-electron chi connectivity index (χ3n) is 6.03. The maximum atomic E-state index is 14.0. The van der Waals surface area contributed by atoms with Crippen molar-refractivity contribution in [3.8, 4) is 0 Å². The Morgan fingerprint density at radius 3 is 2.58 bits per heavy atom. The van der Waals surface area contributed by atoms with Crippen LogP contribution in [0.4, 0.5) is 4.39 Å². The van der Waals surface area contributed by atoms with Crippen molar-refractivity contribution in [2.45, 2.75) is 65.1 Å². The number of ether oxygens (including phenoxy) is 1. The van der Waals surface area contributed by atoms with Gasteiger partial charge in [-0.1, -0.05) is 20.8 Å². The average Bonchev–Trinajstić information content (AvgIpc) is 3.46. The summed E-state index contributed by atoms with van der Waals surface area (Å²) in [7, 11) is 0. The van der Waals surface area contributed by atoms with Crippen LogP contribution in [0.5, 0.6) is 0 Å². The number of hydrogen-bond acceptors (Lipinski definition) is 4. The van der Waals surface area contributed by atoms with Crippen LogP contribution in [0, 0.1) is 17.2 Å². The second-order valence-electron chi connectivity index (χ2n) is 9.80. The van der Waals surface area contributed by atoms with Gasteiger partial charge in [0.05, 0.1) is 5.52 Å². The van der Waals surface area contributed by atoms with Crippen LogP contribution in [-0.2, 0) is 16.1 Å². The molecular weight excluding hydrogens is 399 g/mol. The van der Waals surface area contributed by atoms with Crippen molar-refractivity contribution in [2.24, 2.45) is 11.3 Å². The minimum Gasteiger partial charge on any atom is -0.381 e. The Morgan fingerprint density at radius 2 is 1.94 bits per heavy atom. The van der Waals surface area contributed by atoms with E-state index in [0.717, 1.165) is 38.9 Å². The van der Waals surface area contributed by atoms with E-state index >= 15 is 0 Å². The van der Waals surface area contributed by atoms with Crippen LogP contribution in [0.25, 0.3) is 10.9 Å². The summed E-state index contributed by atoms with van der Waals surface area (Å²) in [6.07, 6.45) is 3.79. The predicted molar refractivity (Wildman–Crippen MR) is 115 cm³/mol. The Labute approximate surface area is 181 Å². The first-order valence-corrected chi connectivity index (χ1v) is 11.1. The number of carbonyl (C=O) groups excluding carboxylic acids is 2. The molecule has 1 aliphatic carbocycles. The van der Waals surface area contributed by atoms with Gasteiger partial charge in [-0.05, 0) is 55.2 Å². The molecule has 0 bridgehead atoms. The van der Waals surface area contributed by atoms with E-state index in [1.165, 1.54) is 12.1 Å². The second kappa shape index (κ2) is 8.57. The molecule has 0 spiro atoms. The molecule has 1 aliphatic heterocycles. The summed E-state index contributed by atoms with van der Waals surface area (Å²) in [5.41, 5.74) is 0.378. The molecule has 31 heavy (non-hydrogen) atoms. The molecule has 2 heterocycles. The molecule has 2 amide bonds. The minimum absolute atomic E-state index is 0.148. The molecule has 2 aliphatic rings. The molecule has 0 unspecified atom stereocenters. The number of rotatable bonds is 6. The molecule has 7 nitrogen and oxygen atoms in total. The first kappa shape index (κ1) is 21.7. The molecule has 4 rings (SSSR count). The normalized spacial score (nSPS) is 18.7. The van der Waals surface area contributed by atoms with Gasteiger partial charge >= 0.3 is 0 Å². The van der Waals surface area contributed by atoms with Crippen LogP contribution in [0.2, 0.25) is 0 Å². The topological polar surface area (TPSA) is 85.2 Å². The molecule has 1 saturated heterocycles. The zero-order valence-electron chi connectivity index (χ0n) is 18.4. The molecular formula is C23H31FN4O3. The Kier molecular flexibility index (Phi) is 6.01. The Bertz CT molecular complexity index is 971. The summed E-state index contributed by atoms with van der Waals surface area (Å²) in [5, 5.41) is 10.9. The van der Waals surface area contributed by atoms with Gasteiger partial charge in [0.2, 0.25) is 5.91 Å². The van der Waals surface area contributed by atoms with Gasteiger partial charge in [0, 0.05) is 31.2 Å². The number of halogens is 1. The maximum absolute atomic E-state index is 14.0. The van der Waals surface area contributed by atoms with Crippen LogP contribution in [0.1, 0.15) is 56.9 Å². The van der Waals surface area contributed by atoms with E-state index in [4.69, 9.17) is 4.74 Å². The Balaban J connectivity index is 1.61. The molecule has 1 aromatic heterocycles. The first-order valence-electron chi connectivity index (χ1n) is 11.1. The lowest BCUT2D eigenvalue weighted by atomic mass is 9.86. The fourth-order valence-corrected chi connectivity index (χ4v) is 4.02.